The lowest BCUT2D eigenvalue weighted by Crippen LogP contribution is -2.43. The van der Waals surface area contributed by atoms with Crippen molar-refractivity contribution in [3.63, 3.8) is 0 Å². The number of fused-ring (bicyclic) bond motifs is 2. The highest BCUT2D eigenvalue weighted by atomic mass is 35.5. The van der Waals surface area contributed by atoms with Crippen molar-refractivity contribution in [1.82, 2.24) is 24.7 Å². The lowest BCUT2D eigenvalue weighted by molar-refractivity contribution is 0.264. The van der Waals surface area contributed by atoms with Crippen LogP contribution in [0.3, 0.4) is 0 Å². The summed E-state index contributed by atoms with van der Waals surface area (Å²) in [5.74, 6) is 4.50. The number of ether oxygens (including phenoxy) is 1. The summed E-state index contributed by atoms with van der Waals surface area (Å²) < 4.78 is 7.61. The van der Waals surface area contributed by atoms with Gasteiger partial charge in [0.25, 0.3) is 0 Å². The van der Waals surface area contributed by atoms with Crippen LogP contribution in [0.5, 0.6) is 11.8 Å². The van der Waals surface area contributed by atoms with Crippen LogP contribution in [-0.2, 0) is 13.5 Å². The molecule has 2 bridgehead atoms. The van der Waals surface area contributed by atoms with Crippen molar-refractivity contribution in [1.29, 1.82) is 0 Å². The fourth-order valence-electron chi connectivity index (χ4n) is 4.88. The maximum atomic E-state index is 5.95. The van der Waals surface area contributed by atoms with E-state index in [1.807, 2.05) is 26.1 Å². The van der Waals surface area contributed by atoms with E-state index in [1.54, 1.807) is 23.1 Å². The van der Waals surface area contributed by atoms with E-state index in [0.717, 1.165) is 36.8 Å². The second-order valence-electron chi connectivity index (χ2n) is 8.38. The first kappa shape index (κ1) is 19.3. The summed E-state index contributed by atoms with van der Waals surface area (Å²) in [4.78, 5) is 15.8. The first-order valence-electron chi connectivity index (χ1n) is 10.4. The predicted molar refractivity (Wildman–Crippen MR) is 115 cm³/mol. The zero-order valence-corrected chi connectivity index (χ0v) is 18.0. The van der Waals surface area contributed by atoms with Crippen LogP contribution in [0.4, 0.5) is 5.82 Å². The summed E-state index contributed by atoms with van der Waals surface area (Å²) in [6, 6.07) is 9.87. The second kappa shape index (κ2) is 7.87. The van der Waals surface area contributed by atoms with Gasteiger partial charge in [-0.15, -0.1) is 0 Å². The number of aromatic nitrogens is 5. The minimum absolute atomic E-state index is 0.508. The van der Waals surface area contributed by atoms with Gasteiger partial charge in [0.15, 0.2) is 5.82 Å². The van der Waals surface area contributed by atoms with E-state index in [0.29, 0.717) is 34.5 Å². The van der Waals surface area contributed by atoms with Gasteiger partial charge in [0.05, 0.1) is 0 Å². The number of aryl methyl sites for hydroxylation is 2. The van der Waals surface area contributed by atoms with Crippen LogP contribution in [0, 0.1) is 24.7 Å². The van der Waals surface area contributed by atoms with Crippen molar-refractivity contribution < 1.29 is 4.74 Å². The van der Waals surface area contributed by atoms with Crippen LogP contribution >= 0.6 is 11.6 Å². The van der Waals surface area contributed by atoms with Gasteiger partial charge in [-0.1, -0.05) is 11.6 Å². The molecule has 5 rings (SSSR count). The number of anilines is 1. The summed E-state index contributed by atoms with van der Waals surface area (Å²) in [5, 5.41) is 5.30. The standard InChI is InChI=1S/C22H25ClN6O/c1-14-9-21(25-13-24-14)29-11-15-3-4-16(12-29)19(15)10-20-26-22(28(2)27-20)30-18-7-5-17(23)6-8-18/h5-9,13,15-16,19H,3-4,10-12H2,1-2H3/t15-,16+,19?. The lowest BCUT2D eigenvalue weighted by atomic mass is 9.82. The van der Waals surface area contributed by atoms with E-state index in [2.05, 4.69) is 31.0 Å². The summed E-state index contributed by atoms with van der Waals surface area (Å²) >= 11 is 5.95. The van der Waals surface area contributed by atoms with Gasteiger partial charge in [0.1, 0.15) is 17.9 Å². The number of nitrogens with zero attached hydrogens (tertiary/aromatic N) is 6. The van der Waals surface area contributed by atoms with Gasteiger partial charge in [-0.3, -0.25) is 0 Å². The van der Waals surface area contributed by atoms with Crippen LogP contribution in [0.1, 0.15) is 24.4 Å². The molecule has 1 unspecified atom stereocenters. The predicted octanol–water partition coefficient (Wildman–Crippen LogP) is 4.06. The van der Waals surface area contributed by atoms with E-state index < -0.39 is 0 Å². The fourth-order valence-corrected chi connectivity index (χ4v) is 5.01. The molecule has 1 aliphatic carbocycles. The molecular formula is C22H25ClN6O. The van der Waals surface area contributed by atoms with Crippen molar-refractivity contribution in [2.24, 2.45) is 24.8 Å². The Hall–Kier alpha value is -2.67. The number of halogens is 1. The summed E-state index contributed by atoms with van der Waals surface area (Å²) in [5.41, 5.74) is 1.01. The summed E-state index contributed by atoms with van der Waals surface area (Å²) in [6.45, 7) is 4.10. The van der Waals surface area contributed by atoms with Gasteiger partial charge in [0, 0.05) is 43.3 Å². The van der Waals surface area contributed by atoms with E-state index in [4.69, 9.17) is 16.3 Å². The van der Waals surface area contributed by atoms with Crippen LogP contribution in [0.25, 0.3) is 0 Å². The van der Waals surface area contributed by atoms with Crippen LogP contribution in [0.15, 0.2) is 36.7 Å². The second-order valence-corrected chi connectivity index (χ2v) is 8.81. The van der Waals surface area contributed by atoms with E-state index in [9.17, 15) is 0 Å². The van der Waals surface area contributed by atoms with Crippen molar-refractivity contribution >= 4 is 17.4 Å². The molecular weight excluding hydrogens is 400 g/mol. The highest BCUT2D eigenvalue weighted by Crippen LogP contribution is 2.44. The first-order valence-corrected chi connectivity index (χ1v) is 10.8. The number of hydrogen-bond donors (Lipinski definition) is 0. The summed E-state index contributed by atoms with van der Waals surface area (Å²) in [7, 11) is 1.87. The molecule has 30 heavy (non-hydrogen) atoms. The molecule has 0 amide bonds. The molecule has 1 aliphatic heterocycles. The fraction of sp³-hybridized carbons (Fsp3) is 0.455. The number of benzene rings is 1. The average Bonchev–Trinajstić information content (AvgIpc) is 3.17. The SMILES string of the molecule is Cc1cc(N2C[C@H]3CC[C@@H](C2)C3Cc2nc(Oc3ccc(Cl)cc3)n(C)n2)ncn1. The Labute approximate surface area is 181 Å². The Kier molecular flexibility index (Phi) is 5.06. The van der Waals surface area contributed by atoms with Crippen molar-refractivity contribution in [2.75, 3.05) is 18.0 Å². The highest BCUT2D eigenvalue weighted by molar-refractivity contribution is 6.30. The molecule has 0 spiro atoms. The quantitative estimate of drug-likeness (QED) is 0.615. The maximum Gasteiger partial charge on any atom is 0.320 e. The Bertz CT molecular complexity index is 1020. The largest absolute Gasteiger partial charge is 0.424 e. The Balaban J connectivity index is 1.27. The van der Waals surface area contributed by atoms with E-state index in [1.165, 1.54) is 12.8 Å². The molecule has 2 aliphatic rings. The zero-order chi connectivity index (χ0) is 20.7. The van der Waals surface area contributed by atoms with Crippen LogP contribution < -0.4 is 9.64 Å². The minimum Gasteiger partial charge on any atom is -0.424 e. The molecule has 0 N–H and O–H groups in total. The molecule has 1 saturated carbocycles. The van der Waals surface area contributed by atoms with Crippen LogP contribution in [0.2, 0.25) is 5.02 Å². The van der Waals surface area contributed by atoms with E-state index >= 15 is 0 Å². The molecule has 7 nitrogen and oxygen atoms in total. The van der Waals surface area contributed by atoms with Gasteiger partial charge < -0.3 is 9.64 Å². The van der Waals surface area contributed by atoms with Crippen molar-refractivity contribution in [3.8, 4) is 11.8 Å². The smallest absolute Gasteiger partial charge is 0.320 e. The molecule has 0 radical (unpaired) electrons. The van der Waals surface area contributed by atoms with Crippen molar-refractivity contribution in [3.05, 3.63) is 53.2 Å². The van der Waals surface area contributed by atoms with Gasteiger partial charge in [-0.25, -0.2) is 14.6 Å². The number of piperidine rings is 1. The number of hydrogen-bond acceptors (Lipinski definition) is 6. The topological polar surface area (TPSA) is 69.0 Å². The zero-order valence-electron chi connectivity index (χ0n) is 17.2. The maximum absolute atomic E-state index is 5.95. The third-order valence-electron chi connectivity index (χ3n) is 6.35. The number of rotatable bonds is 5. The molecule has 8 heteroatoms. The highest BCUT2D eigenvalue weighted by Gasteiger charge is 2.42. The average molecular weight is 425 g/mol. The van der Waals surface area contributed by atoms with Gasteiger partial charge in [-0.05, 0) is 61.8 Å². The third-order valence-corrected chi connectivity index (χ3v) is 6.60. The molecule has 3 atom stereocenters. The lowest BCUT2D eigenvalue weighted by Gasteiger charge is -2.38. The first-order chi connectivity index (χ1) is 14.5. The normalized spacial score (nSPS) is 23.0. The molecule has 2 aromatic heterocycles. The van der Waals surface area contributed by atoms with Gasteiger partial charge >= 0.3 is 6.01 Å². The van der Waals surface area contributed by atoms with Gasteiger partial charge in [0.2, 0.25) is 0 Å². The molecule has 156 valence electrons. The molecule has 1 aromatic carbocycles. The summed E-state index contributed by atoms with van der Waals surface area (Å²) in [6.07, 6.45) is 5.08. The molecule has 3 heterocycles. The Morgan fingerprint density at radius 3 is 2.53 bits per heavy atom. The Morgan fingerprint density at radius 2 is 1.83 bits per heavy atom. The Morgan fingerprint density at radius 1 is 1.10 bits per heavy atom. The third kappa shape index (κ3) is 3.86. The molecule has 2 fully saturated rings. The van der Waals surface area contributed by atoms with Gasteiger partial charge in [-0.2, -0.15) is 10.1 Å². The van der Waals surface area contributed by atoms with Crippen LogP contribution in [-0.4, -0.2) is 37.8 Å². The monoisotopic (exact) mass is 424 g/mol. The van der Waals surface area contributed by atoms with Crippen molar-refractivity contribution in [2.45, 2.75) is 26.2 Å². The molecule has 3 aromatic rings. The van der Waals surface area contributed by atoms with E-state index in [-0.39, 0.29) is 0 Å². The minimum atomic E-state index is 0.508. The molecule has 1 saturated heterocycles.